The zero-order valence-electron chi connectivity index (χ0n) is 11.2. The summed E-state index contributed by atoms with van der Waals surface area (Å²) in [6.45, 7) is 6.02. The van der Waals surface area contributed by atoms with Gasteiger partial charge in [0.1, 0.15) is 11.9 Å². The van der Waals surface area contributed by atoms with Gasteiger partial charge in [0.15, 0.2) is 0 Å². The van der Waals surface area contributed by atoms with Crippen LogP contribution >= 0.6 is 27.3 Å². The molecule has 4 heteroatoms. The van der Waals surface area contributed by atoms with E-state index in [9.17, 15) is 5.11 Å². The van der Waals surface area contributed by atoms with Gasteiger partial charge in [0, 0.05) is 14.2 Å². The molecule has 1 heterocycles. The van der Waals surface area contributed by atoms with Gasteiger partial charge in [-0.3, -0.25) is 0 Å². The molecule has 1 unspecified atom stereocenters. The number of hydrogen-bond donors (Lipinski definition) is 1. The van der Waals surface area contributed by atoms with Crippen LogP contribution in [0.2, 0.25) is 0 Å². The van der Waals surface area contributed by atoms with Gasteiger partial charge in [-0.25, -0.2) is 0 Å². The van der Waals surface area contributed by atoms with Crippen molar-refractivity contribution in [2.24, 2.45) is 0 Å². The van der Waals surface area contributed by atoms with E-state index in [1.54, 1.807) is 11.3 Å². The Morgan fingerprint density at radius 2 is 1.84 bits per heavy atom. The maximum absolute atomic E-state index is 10.4. The molecule has 102 valence electrons. The van der Waals surface area contributed by atoms with Gasteiger partial charge in [0.25, 0.3) is 0 Å². The number of aliphatic hydroxyl groups excluding tert-OH is 1. The summed E-state index contributed by atoms with van der Waals surface area (Å²) in [6.07, 6.45) is -0.422. The minimum absolute atomic E-state index is 0.159. The normalized spacial score (nSPS) is 12.7. The van der Waals surface area contributed by atoms with Crippen LogP contribution in [0.15, 0.2) is 34.8 Å². The fourth-order valence-electron chi connectivity index (χ4n) is 1.78. The van der Waals surface area contributed by atoms with Crippen molar-refractivity contribution in [2.45, 2.75) is 33.0 Å². The highest BCUT2D eigenvalue weighted by Crippen LogP contribution is 2.34. The molecule has 0 aliphatic rings. The summed E-state index contributed by atoms with van der Waals surface area (Å²) in [6, 6.07) is 9.59. The number of hydrogen-bond acceptors (Lipinski definition) is 3. The summed E-state index contributed by atoms with van der Waals surface area (Å²) in [5, 5.41) is 10.4. The average Bonchev–Trinajstić information content (AvgIpc) is 2.69. The van der Waals surface area contributed by atoms with E-state index in [4.69, 9.17) is 4.74 Å². The van der Waals surface area contributed by atoms with Crippen LogP contribution in [-0.4, -0.2) is 11.2 Å². The number of aliphatic hydroxyl groups is 1. The Bertz CT molecular complexity index is 526. The second kappa shape index (κ2) is 6.07. The Hall–Kier alpha value is -0.840. The van der Waals surface area contributed by atoms with E-state index >= 15 is 0 Å². The lowest BCUT2D eigenvalue weighted by molar-refractivity contribution is 0.223. The quantitative estimate of drug-likeness (QED) is 0.874. The molecule has 2 nitrogen and oxygen atoms in total. The monoisotopic (exact) mass is 340 g/mol. The average molecular weight is 341 g/mol. The fraction of sp³-hybridized carbons (Fsp3) is 0.333. The van der Waals surface area contributed by atoms with Crippen LogP contribution in [-0.2, 0) is 0 Å². The van der Waals surface area contributed by atoms with Crippen molar-refractivity contribution in [2.75, 3.05) is 0 Å². The highest BCUT2D eigenvalue weighted by molar-refractivity contribution is 9.10. The van der Waals surface area contributed by atoms with Gasteiger partial charge in [-0.2, -0.15) is 0 Å². The van der Waals surface area contributed by atoms with Crippen LogP contribution < -0.4 is 4.74 Å². The van der Waals surface area contributed by atoms with E-state index in [1.807, 2.05) is 51.1 Å². The summed E-state index contributed by atoms with van der Waals surface area (Å²) in [4.78, 5) is 2.12. The number of ether oxygens (including phenoxy) is 1. The maximum Gasteiger partial charge on any atom is 0.119 e. The first-order valence-electron chi connectivity index (χ1n) is 6.18. The van der Waals surface area contributed by atoms with Gasteiger partial charge in [0.2, 0.25) is 0 Å². The Kier molecular flexibility index (Phi) is 4.66. The van der Waals surface area contributed by atoms with Gasteiger partial charge in [0.05, 0.1) is 6.10 Å². The molecule has 0 spiro atoms. The minimum atomic E-state index is -0.580. The number of benzene rings is 1. The molecule has 0 radical (unpaired) electrons. The van der Waals surface area contributed by atoms with E-state index in [0.29, 0.717) is 0 Å². The van der Waals surface area contributed by atoms with Crippen LogP contribution in [0.25, 0.3) is 0 Å². The predicted octanol–water partition coefficient (Wildman–Crippen LogP) is 4.69. The molecule has 1 aromatic heterocycles. The molecule has 0 amide bonds. The van der Waals surface area contributed by atoms with Crippen molar-refractivity contribution in [1.29, 1.82) is 0 Å². The van der Waals surface area contributed by atoms with Crippen molar-refractivity contribution in [3.8, 4) is 5.75 Å². The molecule has 1 atom stereocenters. The molecule has 1 N–H and O–H groups in total. The largest absolute Gasteiger partial charge is 0.491 e. The van der Waals surface area contributed by atoms with Crippen molar-refractivity contribution in [3.63, 3.8) is 0 Å². The molecule has 0 fully saturated rings. The zero-order valence-corrected chi connectivity index (χ0v) is 13.6. The number of thiophene rings is 1. The van der Waals surface area contributed by atoms with E-state index in [2.05, 4.69) is 15.9 Å². The Morgan fingerprint density at radius 3 is 2.32 bits per heavy atom. The smallest absolute Gasteiger partial charge is 0.119 e. The van der Waals surface area contributed by atoms with Crippen LogP contribution in [0.4, 0.5) is 0 Å². The summed E-state index contributed by atoms with van der Waals surface area (Å²) in [5.41, 5.74) is 0.879. The molecule has 2 rings (SSSR count). The third-order valence-corrected chi connectivity index (χ3v) is 4.90. The zero-order chi connectivity index (χ0) is 14.0. The number of rotatable bonds is 4. The van der Waals surface area contributed by atoms with Gasteiger partial charge < -0.3 is 9.84 Å². The predicted molar refractivity (Wildman–Crippen MR) is 83.0 cm³/mol. The first-order valence-corrected chi connectivity index (χ1v) is 7.79. The maximum atomic E-state index is 10.4. The summed E-state index contributed by atoms with van der Waals surface area (Å²) in [5.74, 6) is 0.828. The molecule has 1 aromatic carbocycles. The SMILES string of the molecule is Cc1sc(C(O)c2ccc(OC(C)C)cc2)cc1Br. The van der Waals surface area contributed by atoms with Gasteiger partial charge in [-0.05, 0) is 60.5 Å². The number of aryl methyl sites for hydroxylation is 1. The van der Waals surface area contributed by atoms with Crippen molar-refractivity contribution >= 4 is 27.3 Å². The van der Waals surface area contributed by atoms with Crippen molar-refractivity contribution in [1.82, 2.24) is 0 Å². The Balaban J connectivity index is 2.17. The molecule has 0 aliphatic carbocycles. The minimum Gasteiger partial charge on any atom is -0.491 e. The third-order valence-electron chi connectivity index (χ3n) is 2.71. The van der Waals surface area contributed by atoms with Crippen LogP contribution in [0, 0.1) is 6.92 Å². The molecule has 0 bridgehead atoms. The lowest BCUT2D eigenvalue weighted by Crippen LogP contribution is -2.05. The van der Waals surface area contributed by atoms with Gasteiger partial charge in [-0.15, -0.1) is 11.3 Å². The standard InChI is InChI=1S/C15H17BrO2S/c1-9(2)18-12-6-4-11(5-7-12)15(17)14-8-13(16)10(3)19-14/h4-9,15,17H,1-3H3. The molecule has 0 aliphatic heterocycles. The second-order valence-corrected chi connectivity index (χ2v) is 6.83. The molecule has 0 saturated carbocycles. The summed E-state index contributed by atoms with van der Waals surface area (Å²) in [7, 11) is 0. The van der Waals surface area contributed by atoms with E-state index in [0.717, 1.165) is 20.7 Å². The van der Waals surface area contributed by atoms with E-state index in [-0.39, 0.29) is 6.10 Å². The molecule has 2 aromatic rings. The first kappa shape index (κ1) is 14.6. The molecular weight excluding hydrogens is 324 g/mol. The van der Waals surface area contributed by atoms with Gasteiger partial charge >= 0.3 is 0 Å². The summed E-state index contributed by atoms with van der Waals surface area (Å²) < 4.78 is 6.64. The van der Waals surface area contributed by atoms with E-state index < -0.39 is 6.10 Å². The molecule has 19 heavy (non-hydrogen) atoms. The fourth-order valence-corrected chi connectivity index (χ4v) is 3.36. The van der Waals surface area contributed by atoms with Crippen LogP contribution in [0.3, 0.4) is 0 Å². The number of halogens is 1. The third kappa shape index (κ3) is 3.59. The summed E-state index contributed by atoms with van der Waals surface area (Å²) >= 11 is 5.08. The lowest BCUT2D eigenvalue weighted by atomic mass is 10.1. The second-order valence-electron chi connectivity index (χ2n) is 4.69. The highest BCUT2D eigenvalue weighted by Gasteiger charge is 2.14. The van der Waals surface area contributed by atoms with Crippen molar-refractivity contribution < 1.29 is 9.84 Å². The van der Waals surface area contributed by atoms with Gasteiger partial charge in [-0.1, -0.05) is 12.1 Å². The molecular formula is C15H17BrO2S. The van der Waals surface area contributed by atoms with E-state index in [1.165, 1.54) is 4.88 Å². The Labute approximate surface area is 126 Å². The van der Waals surface area contributed by atoms with Crippen LogP contribution in [0.5, 0.6) is 5.75 Å². The highest BCUT2D eigenvalue weighted by atomic mass is 79.9. The molecule has 0 saturated heterocycles. The topological polar surface area (TPSA) is 29.5 Å². The van der Waals surface area contributed by atoms with Crippen molar-refractivity contribution in [3.05, 3.63) is 50.1 Å². The lowest BCUT2D eigenvalue weighted by Gasteiger charge is -2.12. The Morgan fingerprint density at radius 1 is 1.21 bits per heavy atom. The first-order chi connectivity index (χ1) is 8.97. The van der Waals surface area contributed by atoms with Crippen LogP contribution in [0.1, 0.15) is 35.3 Å².